The summed E-state index contributed by atoms with van der Waals surface area (Å²) in [6.07, 6.45) is 2.75. The molecule has 8 nitrogen and oxygen atoms in total. The number of nitrogens with one attached hydrogen (secondary N) is 2. The molecule has 1 atom stereocenters. The molecule has 0 aromatic carbocycles. The van der Waals surface area contributed by atoms with Gasteiger partial charge in [0.1, 0.15) is 6.04 Å². The Bertz CT molecular complexity index is 379. The largest absolute Gasteiger partial charge is 0.480 e. The van der Waals surface area contributed by atoms with Gasteiger partial charge in [-0.1, -0.05) is 18.5 Å². The van der Waals surface area contributed by atoms with Crippen LogP contribution in [0, 0.1) is 0 Å². The number of rotatable bonds is 7. The van der Waals surface area contributed by atoms with Gasteiger partial charge in [0.05, 0.1) is 0 Å². The van der Waals surface area contributed by atoms with Crippen LogP contribution in [0.2, 0.25) is 0 Å². The summed E-state index contributed by atoms with van der Waals surface area (Å²) in [5.41, 5.74) is 0. The third-order valence-corrected chi connectivity index (χ3v) is 2.21. The van der Waals surface area contributed by atoms with Gasteiger partial charge in [-0.3, -0.25) is 0 Å². The van der Waals surface area contributed by atoms with Crippen LogP contribution in [-0.4, -0.2) is 39.8 Å². The summed E-state index contributed by atoms with van der Waals surface area (Å²) in [5, 5.41) is 17.2. The van der Waals surface area contributed by atoms with Gasteiger partial charge < -0.3 is 20.3 Å². The Kier molecular flexibility index (Phi) is 5.62. The monoisotopic (exact) mass is 256 g/mol. The smallest absolute Gasteiger partial charge is 0.326 e. The molecule has 2 amide bonds. The number of aromatic nitrogens is 2. The second kappa shape index (κ2) is 7.25. The molecule has 8 heteroatoms. The summed E-state index contributed by atoms with van der Waals surface area (Å²) < 4.78 is 4.75. The third-order valence-electron chi connectivity index (χ3n) is 2.21. The number of carboxylic acids is 1. The number of carbonyl (C=O) groups excluding carboxylic acids is 1. The highest BCUT2D eigenvalue weighted by Crippen LogP contribution is 1.96. The van der Waals surface area contributed by atoms with Gasteiger partial charge in [0, 0.05) is 13.0 Å². The second-order valence-corrected chi connectivity index (χ2v) is 3.66. The molecule has 0 saturated carbocycles. The number of carboxylic acid groups (broad SMARTS) is 1. The minimum Gasteiger partial charge on any atom is -0.480 e. The lowest BCUT2D eigenvalue weighted by Crippen LogP contribution is -2.46. The first kappa shape index (κ1) is 13.9. The number of hydrogen-bond acceptors (Lipinski definition) is 5. The van der Waals surface area contributed by atoms with E-state index in [1.54, 1.807) is 0 Å². The van der Waals surface area contributed by atoms with Gasteiger partial charge in [0.25, 0.3) is 0 Å². The van der Waals surface area contributed by atoms with Crippen molar-refractivity contribution in [2.45, 2.75) is 32.2 Å². The molecular formula is C10H16N4O4. The van der Waals surface area contributed by atoms with Crippen LogP contribution in [0.3, 0.4) is 0 Å². The van der Waals surface area contributed by atoms with Crippen LogP contribution < -0.4 is 10.6 Å². The molecule has 0 saturated heterocycles. The van der Waals surface area contributed by atoms with Crippen molar-refractivity contribution < 1.29 is 19.2 Å². The standard InChI is InChI=1S/C10H16N4O4/c1-2-3-7(9(15)16)14-10(17)11-5-4-8-12-6-13-18-8/h6-7H,2-5H2,1H3,(H,15,16)(H2,11,14,17)/t7-/m1/s1. The number of carbonyl (C=O) groups is 2. The number of aliphatic carboxylic acids is 1. The first-order chi connectivity index (χ1) is 8.63. The van der Waals surface area contributed by atoms with E-state index in [9.17, 15) is 9.59 Å². The van der Waals surface area contributed by atoms with E-state index in [0.717, 1.165) is 0 Å². The van der Waals surface area contributed by atoms with Gasteiger partial charge >= 0.3 is 12.0 Å². The molecule has 100 valence electrons. The number of amides is 2. The predicted octanol–water partition coefficient (Wildman–Crippen LogP) is 0.165. The average molecular weight is 256 g/mol. The highest BCUT2D eigenvalue weighted by molar-refractivity contribution is 5.82. The molecule has 1 heterocycles. The van der Waals surface area contributed by atoms with Crippen LogP contribution in [0.5, 0.6) is 0 Å². The van der Waals surface area contributed by atoms with E-state index in [1.807, 2.05) is 6.92 Å². The molecule has 3 N–H and O–H groups in total. The minimum absolute atomic E-state index is 0.298. The van der Waals surface area contributed by atoms with Crippen LogP contribution in [0.1, 0.15) is 25.7 Å². The van der Waals surface area contributed by atoms with Crippen molar-refractivity contribution in [3.05, 3.63) is 12.2 Å². The van der Waals surface area contributed by atoms with E-state index >= 15 is 0 Å². The molecule has 0 unspecified atom stereocenters. The Morgan fingerprint density at radius 2 is 2.33 bits per heavy atom. The zero-order valence-electron chi connectivity index (χ0n) is 10.0. The van der Waals surface area contributed by atoms with Crippen molar-refractivity contribution in [3.63, 3.8) is 0 Å². The fraction of sp³-hybridized carbons (Fsp3) is 0.600. The maximum absolute atomic E-state index is 11.4. The Hall–Kier alpha value is -2.12. The highest BCUT2D eigenvalue weighted by atomic mass is 16.5. The van der Waals surface area contributed by atoms with Crippen LogP contribution >= 0.6 is 0 Å². The number of nitrogens with zero attached hydrogens (tertiary/aromatic N) is 2. The van der Waals surface area contributed by atoms with Crippen LogP contribution in [-0.2, 0) is 11.2 Å². The van der Waals surface area contributed by atoms with E-state index < -0.39 is 18.0 Å². The zero-order chi connectivity index (χ0) is 13.4. The van der Waals surface area contributed by atoms with Gasteiger partial charge in [-0.2, -0.15) is 4.98 Å². The Labute approximate surface area is 104 Å². The van der Waals surface area contributed by atoms with E-state index in [-0.39, 0.29) is 0 Å². The fourth-order valence-corrected chi connectivity index (χ4v) is 1.34. The summed E-state index contributed by atoms with van der Waals surface area (Å²) in [4.78, 5) is 26.0. The molecule has 0 bridgehead atoms. The summed E-state index contributed by atoms with van der Waals surface area (Å²) in [7, 11) is 0. The first-order valence-electron chi connectivity index (χ1n) is 5.66. The van der Waals surface area contributed by atoms with Crippen molar-refractivity contribution in [2.75, 3.05) is 6.54 Å². The molecule has 0 spiro atoms. The topological polar surface area (TPSA) is 117 Å². The maximum Gasteiger partial charge on any atom is 0.326 e. The molecule has 0 radical (unpaired) electrons. The van der Waals surface area contributed by atoms with Crippen molar-refractivity contribution >= 4 is 12.0 Å². The normalized spacial score (nSPS) is 11.8. The van der Waals surface area contributed by atoms with E-state index in [0.29, 0.717) is 31.7 Å². The molecule has 18 heavy (non-hydrogen) atoms. The van der Waals surface area contributed by atoms with Crippen LogP contribution in [0.4, 0.5) is 4.79 Å². The minimum atomic E-state index is -1.04. The van der Waals surface area contributed by atoms with E-state index in [1.165, 1.54) is 6.33 Å². The quantitative estimate of drug-likeness (QED) is 0.640. The highest BCUT2D eigenvalue weighted by Gasteiger charge is 2.18. The number of hydrogen-bond donors (Lipinski definition) is 3. The SMILES string of the molecule is CCC[C@@H](NC(=O)NCCc1ncno1)C(=O)O. The molecule has 0 fully saturated rings. The Morgan fingerprint density at radius 3 is 2.89 bits per heavy atom. The average Bonchev–Trinajstić information content (AvgIpc) is 2.81. The molecule has 1 aromatic heterocycles. The summed E-state index contributed by atoms with van der Waals surface area (Å²) in [6, 6.07) is -1.38. The van der Waals surface area contributed by atoms with E-state index in [2.05, 4.69) is 20.8 Å². The summed E-state index contributed by atoms with van der Waals surface area (Å²) in [6.45, 7) is 2.15. The van der Waals surface area contributed by atoms with Crippen LogP contribution in [0.15, 0.2) is 10.9 Å². The zero-order valence-corrected chi connectivity index (χ0v) is 10.0. The predicted molar refractivity (Wildman–Crippen MR) is 60.9 cm³/mol. The molecule has 1 rings (SSSR count). The third kappa shape index (κ3) is 4.81. The molecule has 0 aliphatic carbocycles. The Morgan fingerprint density at radius 1 is 1.56 bits per heavy atom. The fourth-order valence-electron chi connectivity index (χ4n) is 1.34. The van der Waals surface area contributed by atoms with Crippen molar-refractivity contribution in [3.8, 4) is 0 Å². The maximum atomic E-state index is 11.4. The van der Waals surface area contributed by atoms with Gasteiger partial charge in [-0.05, 0) is 6.42 Å². The second-order valence-electron chi connectivity index (χ2n) is 3.66. The summed E-state index contributed by atoms with van der Waals surface area (Å²) in [5.74, 6) is -0.623. The lowest BCUT2D eigenvalue weighted by Gasteiger charge is -2.13. The molecule has 1 aromatic rings. The Balaban J connectivity index is 2.25. The van der Waals surface area contributed by atoms with Crippen LogP contribution in [0.25, 0.3) is 0 Å². The van der Waals surface area contributed by atoms with Gasteiger partial charge in [0.15, 0.2) is 6.33 Å². The van der Waals surface area contributed by atoms with Gasteiger partial charge in [0.2, 0.25) is 5.89 Å². The van der Waals surface area contributed by atoms with E-state index in [4.69, 9.17) is 9.63 Å². The lowest BCUT2D eigenvalue weighted by atomic mass is 10.2. The van der Waals surface area contributed by atoms with Crippen molar-refractivity contribution in [1.29, 1.82) is 0 Å². The summed E-state index contributed by atoms with van der Waals surface area (Å²) >= 11 is 0. The molecule has 0 aliphatic heterocycles. The van der Waals surface area contributed by atoms with Crippen molar-refractivity contribution in [1.82, 2.24) is 20.8 Å². The van der Waals surface area contributed by atoms with Gasteiger partial charge in [-0.15, -0.1) is 0 Å². The lowest BCUT2D eigenvalue weighted by molar-refractivity contribution is -0.139. The number of urea groups is 1. The van der Waals surface area contributed by atoms with Gasteiger partial charge in [-0.25, -0.2) is 9.59 Å². The molecular weight excluding hydrogens is 240 g/mol. The first-order valence-corrected chi connectivity index (χ1v) is 5.66. The molecule has 0 aliphatic rings. The van der Waals surface area contributed by atoms with Crippen molar-refractivity contribution in [2.24, 2.45) is 0 Å².